The molecule has 120 valence electrons. The lowest BCUT2D eigenvalue weighted by Gasteiger charge is -2.05. The minimum atomic E-state index is -0.175. The molecule has 1 amide bonds. The number of thiazole rings is 1. The van der Waals surface area contributed by atoms with E-state index in [0.29, 0.717) is 4.88 Å². The van der Waals surface area contributed by atoms with Crippen LogP contribution in [0.25, 0.3) is 10.2 Å². The van der Waals surface area contributed by atoms with E-state index in [1.54, 1.807) is 11.3 Å². The van der Waals surface area contributed by atoms with Crippen LogP contribution in [0.4, 0.5) is 0 Å². The quantitative estimate of drug-likeness (QED) is 0.579. The summed E-state index contributed by atoms with van der Waals surface area (Å²) in [7, 11) is 0. The van der Waals surface area contributed by atoms with Crippen molar-refractivity contribution in [3.63, 3.8) is 0 Å². The number of amides is 1. The Morgan fingerprint density at radius 3 is 2.61 bits per heavy atom. The molecule has 0 bridgehead atoms. The largest absolute Gasteiger partial charge is 0.316 e. The average molecular weight is 409 g/mol. The molecule has 0 spiro atoms. The van der Waals surface area contributed by atoms with Gasteiger partial charge in [0.05, 0.1) is 18.9 Å². The Labute approximate surface area is 151 Å². The first-order valence-electron chi connectivity index (χ1n) is 7.44. The summed E-state index contributed by atoms with van der Waals surface area (Å²) >= 11 is 6.39. The van der Waals surface area contributed by atoms with Gasteiger partial charge in [-0.3, -0.25) is 4.79 Å². The fourth-order valence-corrected chi connectivity index (χ4v) is 4.82. The van der Waals surface area contributed by atoms with Crippen LogP contribution in [0.1, 0.15) is 34.1 Å². The summed E-state index contributed by atoms with van der Waals surface area (Å²) in [4.78, 5) is 18.2. The van der Waals surface area contributed by atoms with Crippen molar-refractivity contribution < 1.29 is 4.79 Å². The lowest BCUT2D eigenvalue weighted by atomic mass is 10.1. The van der Waals surface area contributed by atoms with E-state index in [2.05, 4.69) is 58.4 Å². The average Bonchev–Trinajstić information content (AvgIpc) is 3.06. The summed E-state index contributed by atoms with van der Waals surface area (Å²) in [5.74, 6) is -0.175. The van der Waals surface area contributed by atoms with E-state index >= 15 is 0 Å². The number of fused-ring (bicyclic) bond motifs is 1. The number of nitrogens with zero attached hydrogens (tertiary/aromatic N) is 2. The molecule has 23 heavy (non-hydrogen) atoms. The molecule has 0 unspecified atom stereocenters. The molecule has 3 rings (SSSR count). The van der Waals surface area contributed by atoms with E-state index in [1.165, 1.54) is 32.7 Å². The molecule has 0 aliphatic heterocycles. The fourth-order valence-electron chi connectivity index (χ4n) is 2.42. The molecule has 2 aromatic heterocycles. The monoisotopic (exact) mass is 408 g/mol. The normalized spacial score (nSPS) is 12.3. The summed E-state index contributed by atoms with van der Waals surface area (Å²) in [6, 6.07) is 8.08. The van der Waals surface area contributed by atoms with Gasteiger partial charge in [-0.1, -0.05) is 18.3 Å². The van der Waals surface area contributed by atoms with Gasteiger partial charge in [0.1, 0.15) is 0 Å². The number of carbonyl (C=O) groups excluding carboxylic acids is 1. The second-order valence-electron chi connectivity index (χ2n) is 5.46. The van der Waals surface area contributed by atoms with Crippen molar-refractivity contribution in [2.24, 2.45) is 4.99 Å². The van der Waals surface area contributed by atoms with Gasteiger partial charge in [-0.15, -0.1) is 11.3 Å². The second kappa shape index (κ2) is 6.71. The Bertz CT molecular complexity index is 949. The van der Waals surface area contributed by atoms with Gasteiger partial charge in [-0.2, -0.15) is 4.99 Å². The van der Waals surface area contributed by atoms with Gasteiger partial charge in [-0.05, 0) is 71.6 Å². The van der Waals surface area contributed by atoms with Crippen LogP contribution >= 0.6 is 38.6 Å². The van der Waals surface area contributed by atoms with Gasteiger partial charge in [-0.25, -0.2) is 0 Å². The van der Waals surface area contributed by atoms with Gasteiger partial charge in [0.25, 0.3) is 5.91 Å². The molecule has 0 N–H and O–H groups in total. The molecule has 0 aliphatic rings. The molecule has 6 heteroatoms. The number of hydrogen-bond acceptors (Lipinski definition) is 3. The summed E-state index contributed by atoms with van der Waals surface area (Å²) in [6.45, 7) is 7.24. The Morgan fingerprint density at radius 1 is 1.22 bits per heavy atom. The molecular weight excluding hydrogens is 392 g/mol. The van der Waals surface area contributed by atoms with Crippen molar-refractivity contribution in [1.29, 1.82) is 0 Å². The van der Waals surface area contributed by atoms with Crippen LogP contribution in [0.3, 0.4) is 0 Å². The Balaban J connectivity index is 2.17. The molecule has 0 saturated carbocycles. The van der Waals surface area contributed by atoms with Gasteiger partial charge in [0.2, 0.25) is 0 Å². The highest BCUT2D eigenvalue weighted by Crippen LogP contribution is 2.24. The van der Waals surface area contributed by atoms with Crippen molar-refractivity contribution in [3.05, 3.63) is 48.9 Å². The predicted molar refractivity (Wildman–Crippen MR) is 101 cm³/mol. The predicted octanol–water partition coefficient (Wildman–Crippen LogP) is 5.29. The summed E-state index contributed by atoms with van der Waals surface area (Å²) in [5, 5.41) is 0. The van der Waals surface area contributed by atoms with Crippen LogP contribution in [0.15, 0.2) is 33.0 Å². The van der Waals surface area contributed by atoms with Gasteiger partial charge < -0.3 is 4.57 Å². The van der Waals surface area contributed by atoms with Crippen LogP contribution in [0.5, 0.6) is 0 Å². The Morgan fingerprint density at radius 2 is 1.96 bits per heavy atom. The van der Waals surface area contributed by atoms with Crippen molar-refractivity contribution in [2.45, 2.75) is 33.7 Å². The number of aryl methyl sites for hydroxylation is 3. The lowest BCUT2D eigenvalue weighted by Crippen LogP contribution is -2.16. The van der Waals surface area contributed by atoms with E-state index in [1.807, 2.05) is 12.1 Å². The highest BCUT2D eigenvalue weighted by molar-refractivity contribution is 9.11. The first kappa shape index (κ1) is 16.6. The minimum Gasteiger partial charge on any atom is -0.316 e. The van der Waals surface area contributed by atoms with Crippen LogP contribution in [-0.4, -0.2) is 10.5 Å². The molecule has 0 atom stereocenters. The Hall–Kier alpha value is -1.24. The molecule has 1 aromatic carbocycles. The Kier molecular flexibility index (Phi) is 4.85. The van der Waals surface area contributed by atoms with E-state index in [9.17, 15) is 4.79 Å². The van der Waals surface area contributed by atoms with Crippen LogP contribution < -0.4 is 4.80 Å². The number of aromatic nitrogens is 1. The lowest BCUT2D eigenvalue weighted by molar-refractivity contribution is 0.100. The number of halogens is 1. The minimum absolute atomic E-state index is 0.175. The third kappa shape index (κ3) is 3.34. The van der Waals surface area contributed by atoms with Crippen LogP contribution in [0.2, 0.25) is 0 Å². The molecule has 0 aliphatic carbocycles. The topological polar surface area (TPSA) is 34.4 Å². The summed E-state index contributed by atoms with van der Waals surface area (Å²) < 4.78 is 4.29. The zero-order chi connectivity index (χ0) is 16.6. The number of hydrogen-bond donors (Lipinski definition) is 0. The molecule has 3 aromatic rings. The molecule has 3 nitrogen and oxygen atoms in total. The highest BCUT2D eigenvalue weighted by atomic mass is 79.9. The van der Waals surface area contributed by atoms with E-state index in [-0.39, 0.29) is 5.91 Å². The van der Waals surface area contributed by atoms with Crippen molar-refractivity contribution in [3.8, 4) is 0 Å². The number of carbonyl (C=O) groups is 1. The first-order valence-corrected chi connectivity index (χ1v) is 9.87. The zero-order valence-electron chi connectivity index (χ0n) is 13.2. The van der Waals surface area contributed by atoms with E-state index < -0.39 is 0 Å². The maximum atomic E-state index is 12.4. The van der Waals surface area contributed by atoms with Crippen molar-refractivity contribution >= 4 is 54.7 Å². The standard InChI is InChI=1S/C17H17BrN2OS2/c1-4-7-20-12-8-10(2)11(3)9-14(12)23-17(20)19-16(21)13-5-6-15(18)22-13/h5-6,8-9H,4,7H2,1-3H3. The first-order chi connectivity index (χ1) is 11.0. The third-order valence-electron chi connectivity index (χ3n) is 3.73. The smallest absolute Gasteiger partial charge is 0.289 e. The maximum Gasteiger partial charge on any atom is 0.289 e. The van der Waals surface area contributed by atoms with Gasteiger partial charge in [0.15, 0.2) is 4.80 Å². The summed E-state index contributed by atoms with van der Waals surface area (Å²) in [6.07, 6.45) is 1.00. The molecular formula is C17H17BrN2OS2. The molecule has 2 heterocycles. The van der Waals surface area contributed by atoms with Crippen LogP contribution in [0, 0.1) is 13.8 Å². The van der Waals surface area contributed by atoms with Crippen molar-refractivity contribution in [2.75, 3.05) is 0 Å². The number of thiophene rings is 1. The maximum absolute atomic E-state index is 12.4. The van der Waals surface area contributed by atoms with Crippen LogP contribution in [-0.2, 0) is 6.54 Å². The molecule has 0 fully saturated rings. The second-order valence-corrected chi connectivity index (χ2v) is 8.93. The van der Waals surface area contributed by atoms with Gasteiger partial charge in [0, 0.05) is 6.54 Å². The fraction of sp³-hybridized carbons (Fsp3) is 0.294. The zero-order valence-corrected chi connectivity index (χ0v) is 16.4. The van der Waals surface area contributed by atoms with Crippen molar-refractivity contribution in [1.82, 2.24) is 4.57 Å². The van der Waals surface area contributed by atoms with E-state index in [4.69, 9.17) is 0 Å². The molecule has 0 radical (unpaired) electrons. The number of rotatable bonds is 3. The SMILES string of the molecule is CCCn1c(=NC(=O)c2ccc(Br)s2)sc2cc(C)c(C)cc21. The molecule has 0 saturated heterocycles. The van der Waals surface area contributed by atoms with Gasteiger partial charge >= 0.3 is 0 Å². The highest BCUT2D eigenvalue weighted by Gasteiger charge is 2.11. The summed E-state index contributed by atoms with van der Waals surface area (Å²) in [5.41, 5.74) is 3.70. The number of benzene rings is 1. The third-order valence-corrected chi connectivity index (χ3v) is 6.38. The van der Waals surface area contributed by atoms with E-state index in [0.717, 1.165) is 21.6 Å².